The first-order valence-electron chi connectivity index (χ1n) is 15.3. The van der Waals surface area contributed by atoms with Crippen LogP contribution in [0.5, 0.6) is 0 Å². The molecule has 3 aliphatic rings. The first-order chi connectivity index (χ1) is 17.9. The quantitative estimate of drug-likeness (QED) is 0.602. The van der Waals surface area contributed by atoms with Gasteiger partial charge in [0.2, 0.25) is 1.43 Å². The molecule has 0 bridgehead atoms. The van der Waals surface area contributed by atoms with Gasteiger partial charge in [-0.25, -0.2) is 0 Å². The van der Waals surface area contributed by atoms with Crippen LogP contribution in [0.2, 0.25) is 0 Å². The highest BCUT2D eigenvalue weighted by atomic mass is 16.6. The molecule has 0 aromatic heterocycles. The van der Waals surface area contributed by atoms with Gasteiger partial charge in [-0.2, -0.15) is 0 Å². The molecule has 0 saturated carbocycles. The van der Waals surface area contributed by atoms with Crippen LogP contribution in [0, 0.1) is 29.1 Å². The Labute approximate surface area is 193 Å². The molecule has 1 heterocycles. The summed E-state index contributed by atoms with van der Waals surface area (Å²) in [5, 5.41) is 4.48. The number of aliphatic hydroxyl groups is 1. The van der Waals surface area contributed by atoms with Crippen molar-refractivity contribution >= 4 is 11.9 Å². The summed E-state index contributed by atoms with van der Waals surface area (Å²) < 4.78 is 81.7. The smallest absolute Gasteiger partial charge is 0.311 e. The minimum atomic E-state index is -3.10. The number of hydrogen-bond donors (Lipinski definition) is 1. The number of ether oxygens (including phenoxy) is 2. The van der Waals surface area contributed by atoms with Crippen molar-refractivity contribution < 1.29 is 35.1 Å². The van der Waals surface area contributed by atoms with E-state index in [1.807, 2.05) is 26.0 Å². The minimum absolute atomic E-state index is 0.000739. The SMILES string of the molecule is [2H]O[C@@H]1CC(CC[C@@H]2[C@@H]3C(=C[C@H](C)C[C@@H]3OC(=O)C(CC)(C([2H])([2H])[2H])C([2H])([2H])[2H])C=C[C@@H]2C)OC(=O)C1([2H])[2H]. The maximum absolute atomic E-state index is 13.5. The van der Waals surface area contributed by atoms with E-state index in [1.54, 1.807) is 0 Å². The normalized spacial score (nSPS) is 43.4. The molecule has 0 spiro atoms. The van der Waals surface area contributed by atoms with Crippen LogP contribution in [0.15, 0.2) is 23.8 Å². The lowest BCUT2D eigenvalue weighted by molar-refractivity contribution is -0.166. The van der Waals surface area contributed by atoms with Crippen LogP contribution in [0.4, 0.5) is 0 Å². The summed E-state index contributed by atoms with van der Waals surface area (Å²) in [7, 11) is 0. The van der Waals surface area contributed by atoms with Crippen LogP contribution in [-0.2, 0) is 19.1 Å². The average molecular weight is 428 g/mol. The van der Waals surface area contributed by atoms with Crippen LogP contribution in [0.1, 0.15) is 83.9 Å². The van der Waals surface area contributed by atoms with Gasteiger partial charge in [0.1, 0.15) is 12.2 Å². The fourth-order valence-corrected chi connectivity index (χ4v) is 4.82. The Hall–Kier alpha value is -1.62. The molecule has 1 N–H and O–H groups in total. The van der Waals surface area contributed by atoms with E-state index in [1.165, 1.54) is 6.92 Å². The molecule has 1 saturated heterocycles. The average Bonchev–Trinajstić information content (AvgIpc) is 2.79. The molecule has 7 atom stereocenters. The lowest BCUT2D eigenvalue weighted by Gasteiger charge is -2.44. The molecule has 1 aliphatic heterocycles. The molecule has 0 radical (unpaired) electrons. The van der Waals surface area contributed by atoms with Crippen molar-refractivity contribution in [3.63, 3.8) is 0 Å². The van der Waals surface area contributed by atoms with E-state index >= 15 is 0 Å². The summed E-state index contributed by atoms with van der Waals surface area (Å²) in [6.45, 7) is -0.896. The van der Waals surface area contributed by atoms with Gasteiger partial charge in [-0.05, 0) is 62.7 Å². The van der Waals surface area contributed by atoms with Crippen LogP contribution in [0.3, 0.4) is 0 Å². The highest BCUT2D eigenvalue weighted by molar-refractivity contribution is 5.76. The van der Waals surface area contributed by atoms with Gasteiger partial charge in [0, 0.05) is 23.3 Å². The van der Waals surface area contributed by atoms with E-state index in [0.29, 0.717) is 19.3 Å². The zero-order valence-corrected chi connectivity index (χ0v) is 17.9. The van der Waals surface area contributed by atoms with Gasteiger partial charge >= 0.3 is 11.9 Å². The third-order valence-electron chi connectivity index (χ3n) is 6.58. The number of allylic oxidation sites excluding steroid dienone is 3. The second-order valence-corrected chi connectivity index (χ2v) is 8.96. The van der Waals surface area contributed by atoms with Crippen LogP contribution in [0.25, 0.3) is 0 Å². The summed E-state index contributed by atoms with van der Waals surface area (Å²) >= 11 is 0. The summed E-state index contributed by atoms with van der Waals surface area (Å²) in [6, 6.07) is 0. The summed E-state index contributed by atoms with van der Waals surface area (Å²) in [6.07, 6.45) is 1.82. The van der Waals surface area contributed by atoms with Crippen molar-refractivity contribution in [3.05, 3.63) is 23.8 Å². The number of carbonyl (C=O) groups excluding carboxylic acids is 2. The van der Waals surface area contributed by atoms with Crippen molar-refractivity contribution in [2.24, 2.45) is 29.1 Å². The Morgan fingerprint density at radius 3 is 2.90 bits per heavy atom. The van der Waals surface area contributed by atoms with Gasteiger partial charge in [-0.3, -0.25) is 9.59 Å². The molecule has 0 aromatic carbocycles. The van der Waals surface area contributed by atoms with Crippen molar-refractivity contribution in [1.82, 2.24) is 0 Å². The molecule has 5 heteroatoms. The first kappa shape index (κ1) is 13.7. The van der Waals surface area contributed by atoms with E-state index in [0.717, 1.165) is 5.57 Å². The van der Waals surface area contributed by atoms with Crippen LogP contribution < -0.4 is 0 Å². The fourth-order valence-electron chi connectivity index (χ4n) is 4.82. The van der Waals surface area contributed by atoms with E-state index in [2.05, 4.69) is 11.2 Å². The molecule has 0 amide bonds. The van der Waals surface area contributed by atoms with Gasteiger partial charge in [-0.15, -0.1) is 0 Å². The van der Waals surface area contributed by atoms with Crippen molar-refractivity contribution in [2.75, 3.05) is 0 Å². The van der Waals surface area contributed by atoms with Crippen molar-refractivity contribution in [3.8, 4) is 0 Å². The lowest BCUT2D eigenvalue weighted by Crippen LogP contribution is -2.43. The van der Waals surface area contributed by atoms with Crippen LogP contribution >= 0.6 is 0 Å². The monoisotopic (exact) mass is 427 g/mol. The molecule has 2 aliphatic carbocycles. The lowest BCUT2D eigenvalue weighted by atomic mass is 9.65. The Bertz CT molecular complexity index is 973. The predicted molar refractivity (Wildman–Crippen MR) is 115 cm³/mol. The number of cyclic esters (lactones) is 1. The largest absolute Gasteiger partial charge is 0.462 e. The molecule has 30 heavy (non-hydrogen) atoms. The van der Waals surface area contributed by atoms with Gasteiger partial charge in [-0.1, -0.05) is 39.0 Å². The summed E-state index contributed by atoms with van der Waals surface area (Å²) in [4.78, 5) is 25.7. The van der Waals surface area contributed by atoms with Crippen molar-refractivity contribution in [2.45, 2.75) is 91.3 Å². The third kappa shape index (κ3) is 5.16. The first-order valence-corrected chi connectivity index (χ1v) is 10.8. The highest BCUT2D eigenvalue weighted by Gasteiger charge is 2.43. The molecule has 0 aromatic rings. The summed E-state index contributed by atoms with van der Waals surface area (Å²) in [5.41, 5.74) is -1.74. The summed E-state index contributed by atoms with van der Waals surface area (Å²) in [5.74, 6) is -2.75. The van der Waals surface area contributed by atoms with E-state index < -0.39 is 62.2 Å². The number of esters is 2. The standard InChI is InChI=1S/C25H38O5/c1-6-25(4,5)24(28)30-21-12-15(2)11-17-8-7-16(3)20(23(17)21)10-9-19-13-18(26)14-22(27)29-19/h7-8,11,15-16,18-21,23,26H,6,9-10,12-14H2,1-5H3/t15-,16-,18+,19?,20-,21-,23-/m0/s1/i4D3,5D3,14D2,26D. The Kier molecular flexibility index (Phi) is 4.23. The van der Waals surface area contributed by atoms with Gasteiger partial charge in [0.05, 0.1) is 17.9 Å². The zero-order valence-electron chi connectivity index (χ0n) is 26.9. The Balaban J connectivity index is 1.87. The van der Waals surface area contributed by atoms with E-state index in [9.17, 15) is 9.59 Å². The molecular formula is C25H38O5. The van der Waals surface area contributed by atoms with Crippen LogP contribution in [-0.4, -0.2) is 36.8 Å². The topological polar surface area (TPSA) is 72.8 Å². The van der Waals surface area contributed by atoms with Gasteiger partial charge in [0.15, 0.2) is 0 Å². The molecular weight excluding hydrogens is 380 g/mol. The second kappa shape index (κ2) is 9.25. The minimum Gasteiger partial charge on any atom is -0.462 e. The number of rotatable bonds is 7. The second-order valence-electron chi connectivity index (χ2n) is 8.96. The maximum Gasteiger partial charge on any atom is 0.311 e. The number of fused-ring (bicyclic) bond motifs is 1. The van der Waals surface area contributed by atoms with E-state index in [-0.39, 0.29) is 30.1 Å². The molecule has 1 unspecified atom stereocenters. The molecule has 1 fully saturated rings. The molecule has 168 valence electrons. The predicted octanol–water partition coefficient (Wildman–Crippen LogP) is 4.59. The third-order valence-corrected chi connectivity index (χ3v) is 6.58. The molecule has 3 rings (SSSR count). The highest BCUT2D eigenvalue weighted by Crippen LogP contribution is 2.45. The van der Waals surface area contributed by atoms with Gasteiger partial charge in [0.25, 0.3) is 0 Å². The molecule has 5 nitrogen and oxygen atoms in total. The van der Waals surface area contributed by atoms with Crippen molar-refractivity contribution in [1.29, 1.82) is 1.43 Å². The zero-order chi connectivity index (χ0) is 29.6. The maximum atomic E-state index is 13.5. The van der Waals surface area contributed by atoms with E-state index in [4.69, 9.17) is 21.9 Å². The number of hydrogen-bond acceptors (Lipinski definition) is 5. The number of carbonyl (C=O) groups is 2. The van der Waals surface area contributed by atoms with Gasteiger partial charge < -0.3 is 14.6 Å². The Morgan fingerprint density at radius 2 is 2.20 bits per heavy atom. The number of aliphatic hydroxyl groups excluding tert-OH is 1. The fraction of sp³-hybridized carbons (Fsp3) is 0.760. The Morgan fingerprint density at radius 1 is 1.40 bits per heavy atom.